The van der Waals surface area contributed by atoms with Gasteiger partial charge in [0.2, 0.25) is 5.82 Å². The van der Waals surface area contributed by atoms with Crippen LogP contribution in [0.15, 0.2) is 17.0 Å². The second kappa shape index (κ2) is 1.83. The molecule has 10 heavy (non-hydrogen) atoms. The summed E-state index contributed by atoms with van der Waals surface area (Å²) in [4.78, 5) is 0. The minimum Gasteiger partial charge on any atom is -0.339 e. The van der Waals surface area contributed by atoms with Crippen LogP contribution in [0.1, 0.15) is 6.42 Å². The van der Waals surface area contributed by atoms with E-state index in [9.17, 15) is 0 Å². The van der Waals surface area contributed by atoms with E-state index in [1.54, 1.807) is 0 Å². The Hall–Kier alpha value is -0.830. The van der Waals surface area contributed by atoms with E-state index in [1.807, 2.05) is 6.21 Å². The van der Waals surface area contributed by atoms with Crippen LogP contribution in [0.3, 0.4) is 0 Å². The number of nitrogens with zero attached hydrogens (tertiary/aromatic N) is 2. The fourth-order valence-corrected chi connectivity index (χ4v) is 1.48. The first-order valence-corrected chi connectivity index (χ1v) is 3.67. The Bertz CT molecular complexity index is 207. The van der Waals surface area contributed by atoms with Gasteiger partial charge in [-0.1, -0.05) is 5.10 Å². The molecule has 2 rings (SSSR count). The Morgan fingerprint density at radius 3 is 3.40 bits per heavy atom. The molecule has 0 radical (unpaired) electrons. The van der Waals surface area contributed by atoms with Crippen LogP contribution in [0.5, 0.6) is 0 Å². The summed E-state index contributed by atoms with van der Waals surface area (Å²) < 4.78 is 0.736. The fraction of sp³-hybridized carbons (Fsp3) is 0.571. The number of quaternary nitrogens is 1. The van der Waals surface area contributed by atoms with Crippen molar-refractivity contribution in [2.24, 2.45) is 5.10 Å². The van der Waals surface area contributed by atoms with E-state index in [1.165, 1.54) is 12.2 Å². The minimum absolute atomic E-state index is 0.736. The first kappa shape index (κ1) is 5.92. The molecular weight excluding hydrogens is 126 g/mol. The second-order valence-corrected chi connectivity index (χ2v) is 2.96. The lowest BCUT2D eigenvalue weighted by molar-refractivity contribution is -0.883. The summed E-state index contributed by atoms with van der Waals surface area (Å²) in [7, 11) is 2.13. The highest BCUT2D eigenvalue weighted by atomic mass is 15.7. The highest BCUT2D eigenvalue weighted by Gasteiger charge is 2.33. The van der Waals surface area contributed by atoms with Crippen LogP contribution in [0.2, 0.25) is 0 Å². The van der Waals surface area contributed by atoms with E-state index in [0.717, 1.165) is 17.7 Å². The normalized spacial score (nSPS) is 36.7. The average Bonchev–Trinajstić information content (AvgIpc) is 2.29. The Morgan fingerprint density at radius 1 is 1.70 bits per heavy atom. The molecule has 1 N–H and O–H groups in total. The van der Waals surface area contributed by atoms with Gasteiger partial charge in [0, 0.05) is 19.0 Å². The van der Waals surface area contributed by atoms with Crippen molar-refractivity contribution in [2.75, 3.05) is 20.1 Å². The zero-order valence-corrected chi connectivity index (χ0v) is 6.17. The van der Waals surface area contributed by atoms with E-state index in [2.05, 4.69) is 23.5 Å². The molecule has 1 atom stereocenters. The van der Waals surface area contributed by atoms with E-state index in [0.29, 0.717) is 0 Å². The van der Waals surface area contributed by atoms with Crippen LogP contribution in [-0.2, 0) is 0 Å². The number of hydrogen-bond donors (Lipinski definition) is 1. The van der Waals surface area contributed by atoms with Gasteiger partial charge in [0.25, 0.3) is 0 Å². The maximum Gasteiger partial charge on any atom is 0.229 e. The predicted molar refractivity (Wildman–Crippen MR) is 40.2 cm³/mol. The SMILES string of the molecule is C[N+]12CCCNC1=CC=N2. The van der Waals surface area contributed by atoms with Crippen molar-refractivity contribution >= 4 is 6.21 Å². The van der Waals surface area contributed by atoms with Crippen molar-refractivity contribution in [1.82, 2.24) is 5.32 Å². The number of hydrogen-bond acceptors (Lipinski definition) is 2. The van der Waals surface area contributed by atoms with Gasteiger partial charge >= 0.3 is 0 Å². The van der Waals surface area contributed by atoms with E-state index in [4.69, 9.17) is 0 Å². The quantitative estimate of drug-likeness (QED) is 0.477. The van der Waals surface area contributed by atoms with Gasteiger partial charge in [-0.05, 0) is 0 Å². The summed E-state index contributed by atoms with van der Waals surface area (Å²) in [5.74, 6) is 1.24. The molecular formula is C7H12N3+. The Morgan fingerprint density at radius 2 is 2.60 bits per heavy atom. The number of rotatable bonds is 0. The van der Waals surface area contributed by atoms with Crippen molar-refractivity contribution in [3.63, 3.8) is 0 Å². The Labute approximate surface area is 60.6 Å². The monoisotopic (exact) mass is 138 g/mol. The summed E-state index contributed by atoms with van der Waals surface area (Å²) in [5.41, 5.74) is 0. The van der Waals surface area contributed by atoms with Gasteiger partial charge in [-0.25, -0.2) is 0 Å². The number of nitrogens with one attached hydrogen (secondary N) is 1. The van der Waals surface area contributed by atoms with Gasteiger partial charge in [-0.2, -0.15) is 4.59 Å². The van der Waals surface area contributed by atoms with Crippen LogP contribution in [0, 0.1) is 0 Å². The van der Waals surface area contributed by atoms with Gasteiger partial charge in [0.15, 0.2) is 0 Å². The van der Waals surface area contributed by atoms with Crippen LogP contribution in [0.4, 0.5) is 0 Å². The van der Waals surface area contributed by atoms with Crippen molar-refractivity contribution in [1.29, 1.82) is 0 Å². The summed E-state index contributed by atoms with van der Waals surface area (Å²) in [6.07, 6.45) is 5.15. The van der Waals surface area contributed by atoms with E-state index in [-0.39, 0.29) is 0 Å². The van der Waals surface area contributed by atoms with Crippen molar-refractivity contribution in [2.45, 2.75) is 6.42 Å². The molecule has 1 fully saturated rings. The predicted octanol–water partition coefficient (Wildman–Crippen LogP) is 0.267. The van der Waals surface area contributed by atoms with E-state index < -0.39 is 0 Å². The van der Waals surface area contributed by atoms with Gasteiger partial charge in [0.05, 0.1) is 13.3 Å². The summed E-state index contributed by atoms with van der Waals surface area (Å²) in [5, 5.41) is 7.68. The summed E-state index contributed by atoms with van der Waals surface area (Å²) in [6, 6.07) is 0. The maximum absolute atomic E-state index is 4.35. The second-order valence-electron chi connectivity index (χ2n) is 2.96. The average molecular weight is 138 g/mol. The zero-order valence-electron chi connectivity index (χ0n) is 6.17. The summed E-state index contributed by atoms with van der Waals surface area (Å²) in [6.45, 7) is 2.23. The van der Waals surface area contributed by atoms with Gasteiger partial charge < -0.3 is 5.32 Å². The van der Waals surface area contributed by atoms with Crippen LogP contribution >= 0.6 is 0 Å². The highest BCUT2D eigenvalue weighted by Crippen LogP contribution is 2.20. The molecule has 3 heteroatoms. The van der Waals surface area contributed by atoms with Crippen molar-refractivity contribution in [3.05, 3.63) is 11.9 Å². The third-order valence-electron chi connectivity index (χ3n) is 2.15. The molecule has 2 heterocycles. The molecule has 0 amide bonds. The number of allylic oxidation sites excluding steroid dienone is 1. The highest BCUT2D eigenvalue weighted by molar-refractivity contribution is 5.72. The van der Waals surface area contributed by atoms with Gasteiger partial charge in [-0.3, -0.25) is 0 Å². The molecule has 0 spiro atoms. The molecule has 0 saturated carbocycles. The topological polar surface area (TPSA) is 24.4 Å². The molecule has 1 saturated heterocycles. The van der Waals surface area contributed by atoms with Crippen LogP contribution < -0.4 is 5.32 Å². The zero-order chi connectivity index (χ0) is 7.03. The molecule has 54 valence electrons. The van der Waals surface area contributed by atoms with Crippen LogP contribution in [0.25, 0.3) is 0 Å². The molecule has 3 nitrogen and oxygen atoms in total. The van der Waals surface area contributed by atoms with Gasteiger partial charge in [0.1, 0.15) is 6.54 Å². The van der Waals surface area contributed by atoms with Crippen molar-refractivity contribution < 1.29 is 4.59 Å². The minimum atomic E-state index is 0.736. The third-order valence-corrected chi connectivity index (χ3v) is 2.15. The largest absolute Gasteiger partial charge is 0.339 e. The lowest BCUT2D eigenvalue weighted by atomic mass is 10.3. The van der Waals surface area contributed by atoms with Crippen molar-refractivity contribution in [3.8, 4) is 0 Å². The molecule has 0 aliphatic carbocycles. The maximum atomic E-state index is 4.35. The Kier molecular flexibility index (Phi) is 1.08. The van der Waals surface area contributed by atoms with E-state index >= 15 is 0 Å². The molecule has 1 unspecified atom stereocenters. The molecule has 0 bridgehead atoms. The molecule has 2 aliphatic rings. The molecule has 0 aromatic rings. The fourth-order valence-electron chi connectivity index (χ4n) is 1.48. The first-order valence-electron chi connectivity index (χ1n) is 3.67. The lowest BCUT2D eigenvalue weighted by Crippen LogP contribution is -2.47. The standard InChI is InChI=1S/C7H12N3/c1-10-6-2-4-8-7(10)3-5-9-10/h3,5,8H,2,4,6H2,1H3/q+1. The van der Waals surface area contributed by atoms with Crippen LogP contribution in [-0.4, -0.2) is 30.9 Å². The summed E-state index contributed by atoms with van der Waals surface area (Å²) >= 11 is 0. The third kappa shape index (κ3) is 0.671. The smallest absolute Gasteiger partial charge is 0.229 e. The Balaban J connectivity index is 2.28. The van der Waals surface area contributed by atoms with Gasteiger partial charge in [-0.15, -0.1) is 0 Å². The number of fused-ring (bicyclic) bond motifs is 1. The molecule has 2 aliphatic heterocycles. The molecule has 0 aromatic heterocycles. The lowest BCUT2D eigenvalue weighted by Gasteiger charge is -2.30. The first-order chi connectivity index (χ1) is 4.81. The molecule has 0 aromatic carbocycles.